The van der Waals surface area contributed by atoms with Crippen LogP contribution in [0.3, 0.4) is 0 Å². The summed E-state index contributed by atoms with van der Waals surface area (Å²) in [6.45, 7) is 0.566. The molecule has 0 spiro atoms. The van der Waals surface area contributed by atoms with E-state index in [0.29, 0.717) is 12.2 Å². The first kappa shape index (κ1) is 13.5. The van der Waals surface area contributed by atoms with E-state index in [4.69, 9.17) is 5.26 Å². The summed E-state index contributed by atoms with van der Waals surface area (Å²) in [5.74, 6) is 0.882. The van der Waals surface area contributed by atoms with E-state index in [2.05, 4.69) is 15.3 Å². The molecule has 0 saturated carbocycles. The van der Waals surface area contributed by atoms with Gasteiger partial charge in [0.05, 0.1) is 4.92 Å². The van der Waals surface area contributed by atoms with E-state index in [0.717, 1.165) is 18.7 Å². The average molecular weight is 271 g/mol. The number of anilines is 1. The molecule has 0 amide bonds. The summed E-state index contributed by atoms with van der Waals surface area (Å²) in [6, 6.07) is 6.50. The second-order valence-electron chi connectivity index (χ2n) is 4.14. The van der Waals surface area contributed by atoms with Gasteiger partial charge < -0.3 is 10.3 Å². The molecule has 0 aliphatic carbocycles. The first-order chi connectivity index (χ1) is 9.72. The van der Waals surface area contributed by atoms with Crippen LogP contribution in [-0.2, 0) is 6.42 Å². The number of nitro groups is 1. The van der Waals surface area contributed by atoms with Crippen molar-refractivity contribution in [1.82, 2.24) is 9.97 Å². The van der Waals surface area contributed by atoms with Gasteiger partial charge in [-0.25, -0.2) is 4.98 Å². The fourth-order valence-electron chi connectivity index (χ4n) is 1.89. The van der Waals surface area contributed by atoms with Crippen molar-refractivity contribution in [3.05, 3.63) is 52.1 Å². The van der Waals surface area contributed by atoms with Crippen molar-refractivity contribution in [3.8, 4) is 6.07 Å². The molecule has 0 saturated heterocycles. The zero-order valence-corrected chi connectivity index (χ0v) is 10.7. The van der Waals surface area contributed by atoms with Crippen LogP contribution in [-0.4, -0.2) is 21.4 Å². The number of aromatic amines is 1. The Morgan fingerprint density at radius 3 is 3.00 bits per heavy atom. The van der Waals surface area contributed by atoms with Crippen LogP contribution in [0.15, 0.2) is 30.6 Å². The molecule has 7 heteroatoms. The molecule has 0 fully saturated rings. The van der Waals surface area contributed by atoms with E-state index in [1.807, 2.05) is 6.07 Å². The molecular weight excluding hydrogens is 258 g/mol. The second kappa shape index (κ2) is 6.33. The van der Waals surface area contributed by atoms with Crippen molar-refractivity contribution >= 4 is 11.4 Å². The monoisotopic (exact) mass is 271 g/mol. The Kier molecular flexibility index (Phi) is 4.29. The maximum atomic E-state index is 11.0. The molecule has 20 heavy (non-hydrogen) atoms. The zero-order chi connectivity index (χ0) is 14.4. The number of rotatable bonds is 6. The lowest BCUT2D eigenvalue weighted by molar-refractivity contribution is -0.384. The molecule has 0 atom stereocenters. The lowest BCUT2D eigenvalue weighted by Gasteiger charge is -2.07. The van der Waals surface area contributed by atoms with Crippen molar-refractivity contribution in [2.75, 3.05) is 11.9 Å². The molecule has 1 heterocycles. The number of imidazole rings is 1. The van der Waals surface area contributed by atoms with Crippen LogP contribution in [0.5, 0.6) is 0 Å². The smallest absolute Gasteiger partial charge is 0.309 e. The SMILES string of the molecule is N#Cc1cccc(NCCCc2ncc[nH]2)c1[N+](=O)[O-]. The number of nitrogens with zero attached hydrogens (tertiary/aromatic N) is 3. The highest BCUT2D eigenvalue weighted by Gasteiger charge is 2.18. The molecule has 2 aromatic rings. The van der Waals surface area contributed by atoms with Crippen LogP contribution >= 0.6 is 0 Å². The van der Waals surface area contributed by atoms with Gasteiger partial charge in [0, 0.05) is 25.4 Å². The van der Waals surface area contributed by atoms with Gasteiger partial charge in [0.1, 0.15) is 23.1 Å². The molecule has 0 unspecified atom stereocenters. The summed E-state index contributed by atoms with van der Waals surface area (Å²) in [6.07, 6.45) is 4.97. The predicted octanol–water partition coefficient (Wildman–Crippen LogP) is 2.23. The minimum Gasteiger partial charge on any atom is -0.379 e. The summed E-state index contributed by atoms with van der Waals surface area (Å²) in [5.41, 5.74) is 0.257. The first-order valence-electron chi connectivity index (χ1n) is 6.12. The summed E-state index contributed by atoms with van der Waals surface area (Å²) >= 11 is 0. The highest BCUT2D eigenvalue weighted by Crippen LogP contribution is 2.27. The Balaban J connectivity index is 1.99. The van der Waals surface area contributed by atoms with Gasteiger partial charge in [0.25, 0.3) is 0 Å². The number of hydrogen-bond donors (Lipinski definition) is 2. The number of hydrogen-bond acceptors (Lipinski definition) is 5. The van der Waals surface area contributed by atoms with Gasteiger partial charge in [-0.2, -0.15) is 5.26 Å². The molecule has 0 aliphatic heterocycles. The minimum atomic E-state index is -0.534. The molecule has 0 radical (unpaired) electrons. The molecule has 0 aliphatic rings. The van der Waals surface area contributed by atoms with Crippen LogP contribution in [0.25, 0.3) is 0 Å². The fraction of sp³-hybridized carbons (Fsp3) is 0.231. The number of H-pyrrole nitrogens is 1. The topological polar surface area (TPSA) is 108 Å². The van der Waals surface area contributed by atoms with Gasteiger partial charge in [-0.05, 0) is 18.6 Å². The molecule has 7 nitrogen and oxygen atoms in total. The third kappa shape index (κ3) is 3.11. The van der Waals surface area contributed by atoms with Gasteiger partial charge in [-0.1, -0.05) is 6.07 Å². The zero-order valence-electron chi connectivity index (χ0n) is 10.7. The van der Waals surface area contributed by atoms with E-state index < -0.39 is 4.92 Å². The van der Waals surface area contributed by atoms with Crippen LogP contribution in [0.4, 0.5) is 11.4 Å². The lowest BCUT2D eigenvalue weighted by Crippen LogP contribution is -2.06. The van der Waals surface area contributed by atoms with Gasteiger partial charge in [0.15, 0.2) is 0 Å². The van der Waals surface area contributed by atoms with Gasteiger partial charge in [0.2, 0.25) is 0 Å². The highest BCUT2D eigenvalue weighted by molar-refractivity contribution is 5.68. The average Bonchev–Trinajstić information content (AvgIpc) is 2.96. The quantitative estimate of drug-likeness (QED) is 0.476. The van der Waals surface area contributed by atoms with Crippen LogP contribution in [0.1, 0.15) is 17.8 Å². The molecule has 0 bridgehead atoms. The van der Waals surface area contributed by atoms with Gasteiger partial charge in [-0.3, -0.25) is 10.1 Å². The van der Waals surface area contributed by atoms with E-state index in [1.54, 1.807) is 24.5 Å². The summed E-state index contributed by atoms with van der Waals surface area (Å²) < 4.78 is 0. The van der Waals surface area contributed by atoms with Crippen molar-refractivity contribution in [2.24, 2.45) is 0 Å². The van der Waals surface area contributed by atoms with Crippen molar-refractivity contribution < 1.29 is 4.92 Å². The number of benzene rings is 1. The number of nitrogens with one attached hydrogen (secondary N) is 2. The van der Waals surface area contributed by atoms with E-state index in [-0.39, 0.29) is 11.3 Å². The summed E-state index contributed by atoms with van der Waals surface area (Å²) in [4.78, 5) is 17.6. The number of nitro benzene ring substituents is 1. The maximum Gasteiger partial charge on any atom is 0.309 e. The Bertz CT molecular complexity index is 631. The third-order valence-electron chi connectivity index (χ3n) is 2.80. The number of aryl methyl sites for hydroxylation is 1. The first-order valence-corrected chi connectivity index (χ1v) is 6.12. The normalized spacial score (nSPS) is 9.95. The van der Waals surface area contributed by atoms with Crippen molar-refractivity contribution in [2.45, 2.75) is 12.8 Å². The molecule has 2 N–H and O–H groups in total. The number of aromatic nitrogens is 2. The van der Waals surface area contributed by atoms with Crippen molar-refractivity contribution in [3.63, 3.8) is 0 Å². The van der Waals surface area contributed by atoms with Crippen LogP contribution < -0.4 is 5.32 Å². The van der Waals surface area contributed by atoms with Crippen LogP contribution in [0.2, 0.25) is 0 Å². The number of para-hydroxylation sites is 1. The van der Waals surface area contributed by atoms with Crippen molar-refractivity contribution in [1.29, 1.82) is 5.26 Å². The van der Waals surface area contributed by atoms with Gasteiger partial charge in [-0.15, -0.1) is 0 Å². The standard InChI is InChI=1S/C13H13N5O2/c14-9-10-3-1-4-11(13(10)18(19)20)15-6-2-5-12-16-7-8-17-12/h1,3-4,7-8,15H,2,5-6H2,(H,16,17). The molecular formula is C13H13N5O2. The lowest BCUT2D eigenvalue weighted by atomic mass is 10.1. The fourth-order valence-corrected chi connectivity index (χ4v) is 1.89. The Hall–Kier alpha value is -2.88. The Morgan fingerprint density at radius 1 is 1.50 bits per heavy atom. The Labute approximate surface area is 115 Å². The summed E-state index contributed by atoms with van der Waals surface area (Å²) in [5, 5.41) is 22.9. The van der Waals surface area contributed by atoms with Gasteiger partial charge >= 0.3 is 5.69 Å². The third-order valence-corrected chi connectivity index (χ3v) is 2.80. The molecule has 102 valence electrons. The number of nitriles is 1. The molecule has 2 rings (SSSR count). The Morgan fingerprint density at radius 2 is 2.35 bits per heavy atom. The predicted molar refractivity (Wildman–Crippen MR) is 73.2 cm³/mol. The van der Waals surface area contributed by atoms with E-state index in [9.17, 15) is 10.1 Å². The largest absolute Gasteiger partial charge is 0.379 e. The molecule has 1 aromatic heterocycles. The molecule has 1 aromatic carbocycles. The van der Waals surface area contributed by atoms with Crippen LogP contribution in [0, 0.1) is 21.4 Å². The van der Waals surface area contributed by atoms with E-state index in [1.165, 1.54) is 6.07 Å². The second-order valence-corrected chi connectivity index (χ2v) is 4.14. The maximum absolute atomic E-state index is 11.0. The van der Waals surface area contributed by atoms with E-state index >= 15 is 0 Å². The highest BCUT2D eigenvalue weighted by atomic mass is 16.6. The minimum absolute atomic E-state index is 0.0611. The summed E-state index contributed by atoms with van der Waals surface area (Å²) in [7, 11) is 0.